The number of hydrogen-bond donors (Lipinski definition) is 1. The lowest BCUT2D eigenvalue weighted by atomic mass is 10.3. The molecule has 0 aliphatic rings. The van der Waals surface area contributed by atoms with Gasteiger partial charge in [0.15, 0.2) is 5.58 Å². The predicted molar refractivity (Wildman–Crippen MR) is 87.3 cm³/mol. The molecule has 112 valence electrons. The van der Waals surface area contributed by atoms with E-state index < -0.39 is 5.76 Å². The molecule has 0 spiro atoms. The maximum Gasteiger partial charge on any atom is 0.420 e. The van der Waals surface area contributed by atoms with Crippen molar-refractivity contribution < 1.29 is 9.21 Å². The molecule has 1 N–H and O–H groups in total. The summed E-state index contributed by atoms with van der Waals surface area (Å²) in [5.41, 5.74) is 1.79. The standard InChI is InChI=1S/C16H14N2O3S/c1-22-12-8-6-11(7-9-12)17-15(19)10-18-13-4-2-3-5-14(13)21-16(18)20/h2-9H,10H2,1H3,(H,17,19). The van der Waals surface area contributed by atoms with E-state index in [0.29, 0.717) is 16.8 Å². The van der Waals surface area contributed by atoms with Gasteiger partial charge in [-0.25, -0.2) is 4.79 Å². The number of carbonyl (C=O) groups is 1. The molecule has 3 rings (SSSR count). The molecule has 5 nitrogen and oxygen atoms in total. The molecule has 1 heterocycles. The van der Waals surface area contributed by atoms with E-state index in [0.717, 1.165) is 4.90 Å². The van der Waals surface area contributed by atoms with Crippen LogP contribution < -0.4 is 11.1 Å². The Balaban J connectivity index is 1.78. The van der Waals surface area contributed by atoms with Crippen molar-refractivity contribution in [3.05, 3.63) is 59.1 Å². The molecule has 3 aromatic rings. The lowest BCUT2D eigenvalue weighted by Gasteiger charge is -2.06. The maximum atomic E-state index is 12.1. The molecule has 0 aliphatic heterocycles. The van der Waals surface area contributed by atoms with E-state index in [1.807, 2.05) is 30.5 Å². The van der Waals surface area contributed by atoms with Gasteiger partial charge in [-0.1, -0.05) is 12.1 Å². The number of fused-ring (bicyclic) bond motifs is 1. The van der Waals surface area contributed by atoms with Gasteiger partial charge in [0, 0.05) is 10.6 Å². The van der Waals surface area contributed by atoms with Crippen LogP contribution in [-0.2, 0) is 11.3 Å². The van der Waals surface area contributed by atoms with Crippen LogP contribution in [0.4, 0.5) is 5.69 Å². The molecule has 0 unspecified atom stereocenters. The number of rotatable bonds is 4. The van der Waals surface area contributed by atoms with Crippen molar-refractivity contribution in [3.63, 3.8) is 0 Å². The first-order valence-electron chi connectivity index (χ1n) is 6.69. The summed E-state index contributed by atoms with van der Waals surface area (Å²) in [5, 5.41) is 2.77. The van der Waals surface area contributed by atoms with E-state index in [-0.39, 0.29) is 12.5 Å². The second-order valence-electron chi connectivity index (χ2n) is 4.70. The van der Waals surface area contributed by atoms with Gasteiger partial charge in [0.05, 0.1) is 5.52 Å². The Hall–Kier alpha value is -2.47. The van der Waals surface area contributed by atoms with Gasteiger partial charge >= 0.3 is 5.76 Å². The van der Waals surface area contributed by atoms with Crippen LogP contribution in [0, 0.1) is 0 Å². The number of hydrogen-bond acceptors (Lipinski definition) is 4. The number of oxazole rings is 1. The Morgan fingerprint density at radius 2 is 1.91 bits per heavy atom. The molecule has 2 aromatic carbocycles. The Morgan fingerprint density at radius 1 is 1.18 bits per heavy atom. The highest BCUT2D eigenvalue weighted by atomic mass is 32.2. The quantitative estimate of drug-likeness (QED) is 0.752. The Morgan fingerprint density at radius 3 is 2.64 bits per heavy atom. The number of aromatic nitrogens is 1. The molecule has 6 heteroatoms. The monoisotopic (exact) mass is 314 g/mol. The molecule has 1 amide bonds. The fourth-order valence-electron chi connectivity index (χ4n) is 2.18. The zero-order valence-corrected chi connectivity index (χ0v) is 12.7. The van der Waals surface area contributed by atoms with Crippen LogP contribution in [0.1, 0.15) is 0 Å². The van der Waals surface area contributed by atoms with Crippen LogP contribution in [0.5, 0.6) is 0 Å². The third kappa shape index (κ3) is 2.92. The van der Waals surface area contributed by atoms with Crippen LogP contribution >= 0.6 is 11.8 Å². The minimum absolute atomic E-state index is 0.0832. The molecular formula is C16H14N2O3S. The molecule has 0 radical (unpaired) electrons. The summed E-state index contributed by atoms with van der Waals surface area (Å²) in [7, 11) is 0. The highest BCUT2D eigenvalue weighted by Gasteiger charge is 2.12. The van der Waals surface area contributed by atoms with E-state index in [9.17, 15) is 9.59 Å². The number of benzene rings is 2. The normalized spacial score (nSPS) is 10.8. The Kier molecular flexibility index (Phi) is 4.02. The van der Waals surface area contributed by atoms with Crippen molar-refractivity contribution in [1.82, 2.24) is 4.57 Å². The van der Waals surface area contributed by atoms with E-state index in [4.69, 9.17) is 4.42 Å². The third-order valence-corrected chi connectivity index (χ3v) is 3.99. The van der Waals surface area contributed by atoms with Crippen molar-refractivity contribution in [3.8, 4) is 0 Å². The fraction of sp³-hybridized carbons (Fsp3) is 0.125. The van der Waals surface area contributed by atoms with E-state index in [1.54, 1.807) is 36.0 Å². The number of anilines is 1. The summed E-state index contributed by atoms with van der Waals surface area (Å²) in [6.45, 7) is -0.0832. The van der Waals surface area contributed by atoms with Crippen LogP contribution in [0.25, 0.3) is 11.1 Å². The van der Waals surface area contributed by atoms with Crippen LogP contribution in [0.15, 0.2) is 62.6 Å². The van der Waals surface area contributed by atoms with Crippen molar-refractivity contribution >= 4 is 34.5 Å². The first-order chi connectivity index (χ1) is 10.7. The van der Waals surface area contributed by atoms with Gasteiger partial charge in [0.1, 0.15) is 6.54 Å². The van der Waals surface area contributed by atoms with Gasteiger partial charge in [-0.15, -0.1) is 11.8 Å². The van der Waals surface area contributed by atoms with Crippen molar-refractivity contribution in [2.75, 3.05) is 11.6 Å². The SMILES string of the molecule is CSc1ccc(NC(=O)Cn2c(=O)oc3ccccc32)cc1. The first kappa shape index (κ1) is 14.5. The van der Waals surface area contributed by atoms with Gasteiger partial charge in [0.25, 0.3) is 0 Å². The van der Waals surface area contributed by atoms with Gasteiger partial charge in [-0.05, 0) is 42.7 Å². The van der Waals surface area contributed by atoms with Gasteiger partial charge in [0.2, 0.25) is 5.91 Å². The lowest BCUT2D eigenvalue weighted by molar-refractivity contribution is -0.116. The van der Waals surface area contributed by atoms with Crippen molar-refractivity contribution in [2.45, 2.75) is 11.4 Å². The summed E-state index contributed by atoms with van der Waals surface area (Å²) in [6, 6.07) is 14.6. The summed E-state index contributed by atoms with van der Waals surface area (Å²) >= 11 is 1.63. The summed E-state index contributed by atoms with van der Waals surface area (Å²) < 4.78 is 6.43. The molecule has 0 bridgehead atoms. The van der Waals surface area contributed by atoms with E-state index in [2.05, 4.69) is 5.32 Å². The van der Waals surface area contributed by atoms with Gasteiger partial charge in [-0.3, -0.25) is 9.36 Å². The molecule has 0 saturated heterocycles. The molecule has 1 aromatic heterocycles. The number of thioether (sulfide) groups is 1. The second-order valence-corrected chi connectivity index (χ2v) is 5.58. The van der Waals surface area contributed by atoms with Crippen LogP contribution in [0.2, 0.25) is 0 Å². The van der Waals surface area contributed by atoms with Crippen molar-refractivity contribution in [2.24, 2.45) is 0 Å². The maximum absolute atomic E-state index is 12.1. The fourth-order valence-corrected chi connectivity index (χ4v) is 2.59. The van der Waals surface area contributed by atoms with Crippen LogP contribution in [-0.4, -0.2) is 16.7 Å². The number of para-hydroxylation sites is 2. The summed E-state index contributed by atoms with van der Waals surface area (Å²) in [4.78, 5) is 25.1. The predicted octanol–water partition coefficient (Wildman–Crippen LogP) is 2.96. The highest BCUT2D eigenvalue weighted by Crippen LogP contribution is 2.17. The largest absolute Gasteiger partial charge is 0.420 e. The van der Waals surface area contributed by atoms with Gasteiger partial charge < -0.3 is 9.73 Å². The zero-order chi connectivity index (χ0) is 15.5. The number of nitrogens with one attached hydrogen (secondary N) is 1. The number of nitrogens with zero attached hydrogens (tertiary/aromatic N) is 1. The first-order valence-corrected chi connectivity index (χ1v) is 7.92. The molecule has 0 aliphatic carbocycles. The Labute approximate surface area is 130 Å². The van der Waals surface area contributed by atoms with E-state index in [1.165, 1.54) is 4.57 Å². The Bertz CT molecular complexity index is 865. The molecular weight excluding hydrogens is 300 g/mol. The molecule has 0 atom stereocenters. The molecule has 0 fully saturated rings. The minimum atomic E-state index is -0.533. The third-order valence-electron chi connectivity index (χ3n) is 3.25. The van der Waals surface area contributed by atoms with Crippen molar-refractivity contribution in [1.29, 1.82) is 0 Å². The number of carbonyl (C=O) groups excluding carboxylic acids is 1. The summed E-state index contributed by atoms with van der Waals surface area (Å²) in [5.74, 6) is -0.806. The summed E-state index contributed by atoms with van der Waals surface area (Å²) in [6.07, 6.45) is 1.99. The van der Waals surface area contributed by atoms with Gasteiger partial charge in [-0.2, -0.15) is 0 Å². The smallest absolute Gasteiger partial charge is 0.408 e. The zero-order valence-electron chi connectivity index (χ0n) is 11.9. The van der Waals surface area contributed by atoms with E-state index >= 15 is 0 Å². The average Bonchev–Trinajstić information content (AvgIpc) is 2.84. The second kappa shape index (κ2) is 6.11. The minimum Gasteiger partial charge on any atom is -0.408 e. The average molecular weight is 314 g/mol. The number of amides is 1. The lowest BCUT2D eigenvalue weighted by Crippen LogP contribution is -2.24. The molecule has 22 heavy (non-hydrogen) atoms. The highest BCUT2D eigenvalue weighted by molar-refractivity contribution is 7.98. The topological polar surface area (TPSA) is 64.2 Å². The molecule has 0 saturated carbocycles. The van der Waals surface area contributed by atoms with Crippen LogP contribution in [0.3, 0.4) is 0 Å².